The van der Waals surface area contributed by atoms with E-state index in [0.29, 0.717) is 32.7 Å². The van der Waals surface area contributed by atoms with Gasteiger partial charge in [-0.3, -0.25) is 9.59 Å². The summed E-state index contributed by atoms with van der Waals surface area (Å²) in [6.07, 6.45) is 1.87. The molecule has 0 aromatic heterocycles. The maximum Gasteiger partial charge on any atom is 0.223 e. The molecular weight excluding hydrogens is 288 g/mol. The van der Waals surface area contributed by atoms with E-state index in [1.807, 2.05) is 6.92 Å². The van der Waals surface area contributed by atoms with Crippen LogP contribution >= 0.6 is 0 Å². The van der Waals surface area contributed by atoms with E-state index in [0.717, 1.165) is 13.0 Å². The summed E-state index contributed by atoms with van der Waals surface area (Å²) in [7, 11) is 1.55. The Morgan fingerprint density at radius 1 is 1.14 bits per heavy atom. The number of likely N-dealkylation sites (N-methyl/N-ethyl adjacent to an activating group) is 1. The average molecular weight is 316 g/mol. The normalized spacial score (nSPS) is 11.8. The number of rotatable bonds is 13. The Morgan fingerprint density at radius 3 is 2.36 bits per heavy atom. The molecule has 2 amide bonds. The van der Waals surface area contributed by atoms with Gasteiger partial charge in [-0.2, -0.15) is 0 Å². The van der Waals surface area contributed by atoms with E-state index in [-0.39, 0.29) is 24.7 Å². The average Bonchev–Trinajstić information content (AvgIpc) is 2.53. The maximum absolute atomic E-state index is 11.7. The van der Waals surface area contributed by atoms with Crippen LogP contribution < -0.4 is 5.32 Å². The first-order valence-corrected chi connectivity index (χ1v) is 7.66. The Labute approximate surface area is 132 Å². The monoisotopic (exact) mass is 316 g/mol. The first-order valence-electron chi connectivity index (χ1n) is 7.66. The van der Waals surface area contributed by atoms with Crippen molar-refractivity contribution in [3.05, 3.63) is 0 Å². The fourth-order valence-electron chi connectivity index (χ4n) is 1.53. The summed E-state index contributed by atoms with van der Waals surface area (Å²) in [5.74, 6) is -0.426. The second kappa shape index (κ2) is 13.2. The van der Waals surface area contributed by atoms with Crippen molar-refractivity contribution in [2.24, 2.45) is 0 Å². The number of carbonyl (C=O) groups excluding carboxylic acids is 3. The lowest BCUT2D eigenvalue weighted by Gasteiger charge is -2.20. The van der Waals surface area contributed by atoms with Crippen LogP contribution in [0.5, 0.6) is 0 Å². The van der Waals surface area contributed by atoms with Gasteiger partial charge in [-0.1, -0.05) is 6.92 Å². The number of amides is 2. The largest absolute Gasteiger partial charge is 0.379 e. The van der Waals surface area contributed by atoms with Gasteiger partial charge in [0.2, 0.25) is 11.8 Å². The number of ether oxygens (including phenoxy) is 2. The van der Waals surface area contributed by atoms with Crippen LogP contribution in [-0.2, 0) is 23.9 Å². The first kappa shape index (κ1) is 20.5. The van der Waals surface area contributed by atoms with Gasteiger partial charge in [0.25, 0.3) is 0 Å². The number of nitrogens with one attached hydrogen (secondary N) is 1. The van der Waals surface area contributed by atoms with E-state index in [1.54, 1.807) is 14.0 Å². The fourth-order valence-corrected chi connectivity index (χ4v) is 1.53. The molecule has 0 rings (SSSR count). The number of hydrogen-bond acceptors (Lipinski definition) is 5. The molecule has 7 heteroatoms. The van der Waals surface area contributed by atoms with Gasteiger partial charge >= 0.3 is 0 Å². The Morgan fingerprint density at radius 2 is 1.77 bits per heavy atom. The van der Waals surface area contributed by atoms with Crippen molar-refractivity contribution < 1.29 is 23.9 Å². The van der Waals surface area contributed by atoms with E-state index in [1.165, 1.54) is 4.90 Å². The zero-order valence-corrected chi connectivity index (χ0v) is 13.8. The topological polar surface area (TPSA) is 84.9 Å². The minimum Gasteiger partial charge on any atom is -0.379 e. The van der Waals surface area contributed by atoms with Crippen LogP contribution in [-0.4, -0.2) is 69.1 Å². The minimum atomic E-state index is -0.473. The van der Waals surface area contributed by atoms with Crippen molar-refractivity contribution in [1.29, 1.82) is 0 Å². The van der Waals surface area contributed by atoms with Crippen molar-refractivity contribution in [3.63, 3.8) is 0 Å². The third-order valence-corrected chi connectivity index (χ3v) is 3.06. The Kier molecular flexibility index (Phi) is 12.3. The molecule has 1 N–H and O–H groups in total. The molecule has 0 spiro atoms. The number of nitrogens with zero attached hydrogens (tertiary/aromatic N) is 1. The Bertz CT molecular complexity index is 336. The maximum atomic E-state index is 11.7. The van der Waals surface area contributed by atoms with Crippen molar-refractivity contribution in [3.8, 4) is 0 Å². The second-order valence-electron chi connectivity index (χ2n) is 4.96. The van der Waals surface area contributed by atoms with Gasteiger partial charge in [0.1, 0.15) is 6.29 Å². The molecular formula is C15H28N2O5. The summed E-state index contributed by atoms with van der Waals surface area (Å²) in [4.78, 5) is 35.2. The van der Waals surface area contributed by atoms with Gasteiger partial charge in [0.05, 0.1) is 25.9 Å². The highest BCUT2D eigenvalue weighted by Gasteiger charge is 2.15. The van der Waals surface area contributed by atoms with E-state index in [9.17, 15) is 14.4 Å². The molecule has 7 nitrogen and oxygen atoms in total. The number of hydrogen-bond donors (Lipinski definition) is 1. The summed E-state index contributed by atoms with van der Waals surface area (Å²) in [6, 6.07) is -0.473. The molecule has 0 aliphatic heterocycles. The van der Waals surface area contributed by atoms with Gasteiger partial charge in [0.15, 0.2) is 0 Å². The summed E-state index contributed by atoms with van der Waals surface area (Å²) in [5, 5.41) is 2.68. The SMILES string of the molecule is CCCOCCOCCNC(=O)CCC(=O)N(C)C(C)C=O. The summed E-state index contributed by atoms with van der Waals surface area (Å²) >= 11 is 0. The van der Waals surface area contributed by atoms with Crippen LogP contribution in [0.1, 0.15) is 33.1 Å². The molecule has 0 saturated heterocycles. The van der Waals surface area contributed by atoms with Crippen LogP contribution in [0.4, 0.5) is 0 Å². The van der Waals surface area contributed by atoms with Gasteiger partial charge in [-0.25, -0.2) is 0 Å². The van der Waals surface area contributed by atoms with E-state index in [4.69, 9.17) is 9.47 Å². The molecule has 0 saturated carbocycles. The molecule has 128 valence electrons. The predicted molar refractivity (Wildman–Crippen MR) is 82.5 cm³/mol. The van der Waals surface area contributed by atoms with Gasteiger partial charge in [-0.15, -0.1) is 0 Å². The lowest BCUT2D eigenvalue weighted by Crippen LogP contribution is -2.37. The van der Waals surface area contributed by atoms with Crippen molar-refractivity contribution in [1.82, 2.24) is 10.2 Å². The van der Waals surface area contributed by atoms with E-state index in [2.05, 4.69) is 5.32 Å². The van der Waals surface area contributed by atoms with Crippen LogP contribution in [0.2, 0.25) is 0 Å². The molecule has 0 aliphatic rings. The quantitative estimate of drug-likeness (QED) is 0.392. The highest BCUT2D eigenvalue weighted by molar-refractivity contribution is 5.85. The molecule has 1 unspecified atom stereocenters. The first-order chi connectivity index (χ1) is 10.5. The summed E-state index contributed by atoms with van der Waals surface area (Å²) in [6.45, 7) is 6.27. The van der Waals surface area contributed by atoms with Gasteiger partial charge < -0.3 is 24.5 Å². The van der Waals surface area contributed by atoms with E-state index < -0.39 is 6.04 Å². The fraction of sp³-hybridized carbons (Fsp3) is 0.800. The molecule has 0 aliphatic carbocycles. The van der Waals surface area contributed by atoms with Crippen LogP contribution in [0.15, 0.2) is 0 Å². The van der Waals surface area contributed by atoms with Crippen molar-refractivity contribution in [2.75, 3.05) is 40.0 Å². The van der Waals surface area contributed by atoms with Gasteiger partial charge in [-0.05, 0) is 13.3 Å². The standard InChI is InChI=1S/C15H28N2O5/c1-4-8-21-10-11-22-9-7-16-14(19)5-6-15(20)17(3)13(2)12-18/h12-13H,4-11H2,1-3H3,(H,16,19). The Balaban J connectivity index is 3.58. The highest BCUT2D eigenvalue weighted by Crippen LogP contribution is 1.99. The number of carbonyl (C=O) groups is 3. The third kappa shape index (κ3) is 10.3. The molecule has 0 aromatic rings. The predicted octanol–water partition coefficient (Wildman–Crippen LogP) is 0.372. The van der Waals surface area contributed by atoms with E-state index >= 15 is 0 Å². The Hall–Kier alpha value is -1.47. The summed E-state index contributed by atoms with van der Waals surface area (Å²) < 4.78 is 10.5. The molecule has 0 bridgehead atoms. The molecule has 0 fully saturated rings. The molecule has 0 aromatic carbocycles. The van der Waals surface area contributed by atoms with Gasteiger partial charge in [0, 0.05) is 33.0 Å². The zero-order chi connectivity index (χ0) is 16.8. The third-order valence-electron chi connectivity index (χ3n) is 3.06. The highest BCUT2D eigenvalue weighted by atomic mass is 16.5. The van der Waals surface area contributed by atoms with Crippen LogP contribution in [0.25, 0.3) is 0 Å². The van der Waals surface area contributed by atoms with Crippen LogP contribution in [0.3, 0.4) is 0 Å². The molecule has 1 atom stereocenters. The van der Waals surface area contributed by atoms with Crippen molar-refractivity contribution >= 4 is 18.1 Å². The molecule has 22 heavy (non-hydrogen) atoms. The van der Waals surface area contributed by atoms with Crippen molar-refractivity contribution in [2.45, 2.75) is 39.2 Å². The molecule has 0 radical (unpaired) electrons. The smallest absolute Gasteiger partial charge is 0.223 e. The van der Waals surface area contributed by atoms with Crippen LogP contribution in [0, 0.1) is 0 Å². The lowest BCUT2D eigenvalue weighted by molar-refractivity contribution is -0.135. The number of aldehydes is 1. The lowest BCUT2D eigenvalue weighted by atomic mass is 10.2. The summed E-state index contributed by atoms with van der Waals surface area (Å²) in [5.41, 5.74) is 0. The minimum absolute atomic E-state index is 0.0895. The molecule has 0 heterocycles. The second-order valence-corrected chi connectivity index (χ2v) is 4.96. The zero-order valence-electron chi connectivity index (χ0n) is 13.8.